The first-order valence-electron chi connectivity index (χ1n) is 4.84. The Hall–Kier alpha value is -0.240. The predicted octanol–water partition coefficient (Wildman–Crippen LogP) is 5.72. The van der Waals surface area contributed by atoms with E-state index in [2.05, 4.69) is 57.8 Å². The molecule has 0 spiro atoms. The van der Waals surface area contributed by atoms with Crippen LogP contribution in [0.25, 0.3) is 21.7 Å². The summed E-state index contributed by atoms with van der Waals surface area (Å²) < 4.78 is 15.8. The molecule has 7 heteroatoms. The zero-order valence-electron chi connectivity index (χ0n) is 8.60. The van der Waals surface area contributed by atoms with Crippen LogP contribution in [0.3, 0.4) is 0 Å². The van der Waals surface area contributed by atoms with Gasteiger partial charge in [0.1, 0.15) is 11.6 Å². The van der Waals surface area contributed by atoms with Gasteiger partial charge in [0.25, 0.3) is 0 Å². The Balaban J connectivity index is 2.19. The highest BCUT2D eigenvalue weighted by Gasteiger charge is 2.12. The van der Waals surface area contributed by atoms with E-state index in [0.29, 0.717) is 9.99 Å². The Bertz CT molecular complexity index is 692. The fourth-order valence-corrected chi connectivity index (χ4v) is 3.90. The van der Waals surface area contributed by atoms with Crippen molar-refractivity contribution in [3.8, 4) is 10.7 Å². The van der Waals surface area contributed by atoms with E-state index in [0.717, 1.165) is 24.5 Å². The number of hydrogen-bond acceptors (Lipinski definition) is 2. The minimum atomic E-state index is -0.300. The maximum atomic E-state index is 13.4. The van der Waals surface area contributed by atoms with Gasteiger partial charge in [-0.2, -0.15) is 0 Å². The molecule has 2 heterocycles. The van der Waals surface area contributed by atoms with Gasteiger partial charge in [0.15, 0.2) is 0 Å². The standard InChI is InChI=1S/C11H4Br3FN2S/c12-4-1-7-8(3-6(4)15)17-11(16-7)9-2-5(13)10(14)18-9/h1-3H,(H,16,17). The first kappa shape index (κ1) is 12.8. The van der Waals surface area contributed by atoms with Gasteiger partial charge in [-0.3, -0.25) is 0 Å². The summed E-state index contributed by atoms with van der Waals surface area (Å²) in [6, 6.07) is 5.08. The maximum Gasteiger partial charge on any atom is 0.148 e. The number of H-pyrrole nitrogens is 1. The van der Waals surface area contributed by atoms with E-state index in [1.807, 2.05) is 6.07 Å². The number of nitrogens with zero attached hydrogens (tertiary/aromatic N) is 1. The lowest BCUT2D eigenvalue weighted by molar-refractivity contribution is 0.623. The zero-order valence-corrected chi connectivity index (χ0v) is 14.2. The molecule has 0 saturated carbocycles. The summed E-state index contributed by atoms with van der Waals surface area (Å²) >= 11 is 11.6. The van der Waals surface area contributed by atoms with Crippen molar-refractivity contribution < 1.29 is 4.39 Å². The highest BCUT2D eigenvalue weighted by molar-refractivity contribution is 9.13. The van der Waals surface area contributed by atoms with Crippen LogP contribution in [0.15, 0.2) is 30.9 Å². The summed E-state index contributed by atoms with van der Waals surface area (Å²) in [6.07, 6.45) is 0. The molecule has 92 valence electrons. The number of nitrogens with one attached hydrogen (secondary N) is 1. The van der Waals surface area contributed by atoms with Crippen LogP contribution in [0.4, 0.5) is 4.39 Å². The summed E-state index contributed by atoms with van der Waals surface area (Å²) in [6.45, 7) is 0. The fraction of sp³-hybridized carbons (Fsp3) is 0. The SMILES string of the molecule is Fc1cc2[nH]c(-c3cc(Br)c(Br)s3)nc2cc1Br. The topological polar surface area (TPSA) is 28.7 Å². The molecule has 0 bridgehead atoms. The van der Waals surface area contributed by atoms with Gasteiger partial charge in [-0.05, 0) is 59.9 Å². The molecule has 3 aromatic rings. The summed E-state index contributed by atoms with van der Waals surface area (Å²) in [4.78, 5) is 8.56. The summed E-state index contributed by atoms with van der Waals surface area (Å²) in [5.74, 6) is 0.435. The van der Waals surface area contributed by atoms with Gasteiger partial charge >= 0.3 is 0 Å². The molecule has 0 aliphatic carbocycles. The van der Waals surface area contributed by atoms with Gasteiger partial charge in [-0.1, -0.05) is 0 Å². The summed E-state index contributed by atoms with van der Waals surface area (Å²) in [7, 11) is 0. The lowest BCUT2D eigenvalue weighted by atomic mass is 10.3. The highest BCUT2D eigenvalue weighted by Crippen LogP contribution is 2.37. The van der Waals surface area contributed by atoms with Gasteiger partial charge in [-0.25, -0.2) is 9.37 Å². The predicted molar refractivity (Wildman–Crippen MR) is 82.5 cm³/mol. The molecule has 0 atom stereocenters. The van der Waals surface area contributed by atoms with Gasteiger partial charge in [0.2, 0.25) is 0 Å². The Labute approximate surface area is 131 Å². The normalized spacial score (nSPS) is 11.3. The minimum absolute atomic E-state index is 0.300. The molecule has 0 amide bonds. The average Bonchev–Trinajstić information content (AvgIpc) is 2.84. The molecule has 0 unspecified atom stereocenters. The van der Waals surface area contributed by atoms with Crippen molar-refractivity contribution in [2.24, 2.45) is 0 Å². The number of fused-ring (bicyclic) bond motifs is 1. The van der Waals surface area contributed by atoms with Crippen LogP contribution in [0.1, 0.15) is 0 Å². The summed E-state index contributed by atoms with van der Waals surface area (Å²) in [5.41, 5.74) is 1.42. The van der Waals surface area contributed by atoms with E-state index in [-0.39, 0.29) is 5.82 Å². The maximum absolute atomic E-state index is 13.4. The van der Waals surface area contributed by atoms with Crippen LogP contribution in [-0.4, -0.2) is 9.97 Å². The Morgan fingerprint density at radius 3 is 2.56 bits per heavy atom. The van der Waals surface area contributed by atoms with Crippen LogP contribution < -0.4 is 0 Å². The van der Waals surface area contributed by atoms with Crippen molar-refractivity contribution in [1.82, 2.24) is 9.97 Å². The number of hydrogen-bond donors (Lipinski definition) is 1. The van der Waals surface area contributed by atoms with Gasteiger partial charge in [-0.15, -0.1) is 11.3 Å². The molecule has 1 N–H and O–H groups in total. The number of aromatic nitrogens is 2. The number of imidazole rings is 1. The molecule has 18 heavy (non-hydrogen) atoms. The molecule has 0 radical (unpaired) electrons. The first-order chi connectivity index (χ1) is 8.54. The van der Waals surface area contributed by atoms with E-state index in [1.54, 1.807) is 17.4 Å². The molecule has 0 fully saturated rings. The number of benzene rings is 1. The van der Waals surface area contributed by atoms with Crippen molar-refractivity contribution >= 4 is 70.2 Å². The second-order valence-corrected chi connectivity index (χ2v) is 7.68. The zero-order chi connectivity index (χ0) is 12.9. The monoisotopic (exact) mass is 452 g/mol. The Morgan fingerprint density at radius 2 is 1.89 bits per heavy atom. The third-order valence-electron chi connectivity index (χ3n) is 2.40. The average molecular weight is 455 g/mol. The number of aromatic amines is 1. The van der Waals surface area contributed by atoms with Crippen LogP contribution in [0.5, 0.6) is 0 Å². The molecule has 0 aliphatic rings. The molecular weight excluding hydrogens is 451 g/mol. The van der Waals surface area contributed by atoms with Gasteiger partial charge < -0.3 is 4.98 Å². The molecular formula is C11H4Br3FN2S. The van der Waals surface area contributed by atoms with Crippen LogP contribution in [0, 0.1) is 5.82 Å². The molecule has 0 saturated heterocycles. The Morgan fingerprint density at radius 1 is 1.11 bits per heavy atom. The van der Waals surface area contributed by atoms with E-state index < -0.39 is 0 Å². The van der Waals surface area contributed by atoms with E-state index >= 15 is 0 Å². The fourth-order valence-electron chi connectivity index (χ4n) is 1.58. The van der Waals surface area contributed by atoms with Crippen molar-refractivity contribution in [3.63, 3.8) is 0 Å². The number of halogens is 4. The molecule has 0 aliphatic heterocycles. The molecule has 3 rings (SSSR count). The van der Waals surface area contributed by atoms with Gasteiger partial charge in [0.05, 0.1) is 24.2 Å². The highest BCUT2D eigenvalue weighted by atomic mass is 79.9. The molecule has 2 aromatic heterocycles. The van der Waals surface area contributed by atoms with Crippen molar-refractivity contribution in [1.29, 1.82) is 0 Å². The summed E-state index contributed by atoms with van der Waals surface area (Å²) in [5, 5.41) is 0. The van der Waals surface area contributed by atoms with Crippen molar-refractivity contribution in [3.05, 3.63) is 36.7 Å². The van der Waals surface area contributed by atoms with Crippen LogP contribution >= 0.6 is 59.1 Å². The molecule has 2 nitrogen and oxygen atoms in total. The largest absolute Gasteiger partial charge is 0.337 e. The first-order valence-corrected chi connectivity index (χ1v) is 8.04. The second-order valence-electron chi connectivity index (χ2n) is 3.60. The van der Waals surface area contributed by atoms with Crippen LogP contribution in [0.2, 0.25) is 0 Å². The number of rotatable bonds is 1. The van der Waals surface area contributed by atoms with Crippen LogP contribution in [-0.2, 0) is 0 Å². The van der Waals surface area contributed by atoms with Gasteiger partial charge in [0, 0.05) is 10.5 Å². The van der Waals surface area contributed by atoms with Crippen molar-refractivity contribution in [2.45, 2.75) is 0 Å². The van der Waals surface area contributed by atoms with Crippen molar-refractivity contribution in [2.75, 3.05) is 0 Å². The minimum Gasteiger partial charge on any atom is -0.337 e. The lowest BCUT2D eigenvalue weighted by Gasteiger charge is -1.92. The van der Waals surface area contributed by atoms with E-state index in [1.165, 1.54) is 6.07 Å². The van der Waals surface area contributed by atoms with E-state index in [9.17, 15) is 4.39 Å². The van der Waals surface area contributed by atoms with E-state index in [4.69, 9.17) is 0 Å². The quantitative estimate of drug-likeness (QED) is 0.500. The molecule has 1 aromatic carbocycles. The third-order valence-corrected chi connectivity index (χ3v) is 6.27. The second kappa shape index (κ2) is 4.70. The third kappa shape index (κ3) is 2.17. The smallest absolute Gasteiger partial charge is 0.148 e. The number of thiophene rings is 1. The Kier molecular flexibility index (Phi) is 3.34. The lowest BCUT2D eigenvalue weighted by Crippen LogP contribution is -1.77.